The van der Waals surface area contributed by atoms with Crippen molar-refractivity contribution in [2.24, 2.45) is 0 Å². The Bertz CT molecular complexity index is 2210. The van der Waals surface area contributed by atoms with E-state index in [1.165, 1.54) is 54.6 Å². The molecule has 0 fully saturated rings. The number of hydrogen-bond donors (Lipinski definition) is 2. The van der Waals surface area contributed by atoms with Gasteiger partial charge in [-0.3, -0.25) is 0 Å². The minimum absolute atomic E-state index is 0. The van der Waals surface area contributed by atoms with Gasteiger partial charge < -0.3 is 10.0 Å². The quantitative estimate of drug-likeness (QED) is 0.106. The van der Waals surface area contributed by atoms with Gasteiger partial charge in [0.05, 0.1) is 11.6 Å². The zero-order chi connectivity index (χ0) is 32.0. The van der Waals surface area contributed by atoms with Crippen molar-refractivity contribution in [3.63, 3.8) is 0 Å². The van der Waals surface area contributed by atoms with Gasteiger partial charge in [0.2, 0.25) is 0 Å². The van der Waals surface area contributed by atoms with Gasteiger partial charge in [-0.15, -0.1) is 0 Å². The minimum atomic E-state index is -1.41. The van der Waals surface area contributed by atoms with Crippen molar-refractivity contribution in [2.45, 2.75) is 7.43 Å². The minimum Gasteiger partial charge on any atom is -0.423 e. The fourth-order valence-electron chi connectivity index (χ4n) is 5.51. The molecule has 1 aliphatic carbocycles. The number of halogens is 3. The lowest BCUT2D eigenvalue weighted by Gasteiger charge is -2.11. The lowest BCUT2D eigenvalue weighted by Crippen LogP contribution is -2.29. The third kappa shape index (κ3) is 7.84. The van der Waals surface area contributed by atoms with E-state index in [1.54, 1.807) is 24.3 Å². The van der Waals surface area contributed by atoms with E-state index in [0.29, 0.717) is 10.5 Å². The molecule has 0 heterocycles. The maximum absolute atomic E-state index is 8.63. The normalized spacial score (nSPS) is 11.0. The number of allylic oxidation sites excluding steroid dienone is 2. The Morgan fingerprint density at radius 2 is 1.15 bits per heavy atom. The highest BCUT2D eigenvalue weighted by atomic mass is 79.9. The maximum Gasteiger partial charge on any atom is 0.488 e. The van der Waals surface area contributed by atoms with Crippen LogP contribution in [0.25, 0.3) is 55.6 Å². The van der Waals surface area contributed by atoms with E-state index in [9.17, 15) is 0 Å². The second-order valence-electron chi connectivity index (χ2n) is 10.7. The zero-order valence-electron chi connectivity index (χ0n) is 24.5. The van der Waals surface area contributed by atoms with E-state index in [4.69, 9.17) is 33.2 Å². The van der Waals surface area contributed by atoms with Gasteiger partial charge in [-0.2, -0.15) is 0 Å². The summed E-state index contributed by atoms with van der Waals surface area (Å²) >= 11 is 15.2. The van der Waals surface area contributed by atoms with Crippen LogP contribution in [0.3, 0.4) is 0 Å². The molecule has 8 rings (SSSR count). The zero-order valence-corrected chi connectivity index (χ0v) is 27.6. The van der Waals surface area contributed by atoms with Crippen molar-refractivity contribution in [3.05, 3.63) is 171 Å². The monoisotopic (exact) mass is 715 g/mol. The average molecular weight is 717 g/mol. The molecule has 2 N–H and O–H groups in total. The summed E-state index contributed by atoms with van der Waals surface area (Å²) in [6.45, 7) is 0. The van der Waals surface area contributed by atoms with Gasteiger partial charge in [0.1, 0.15) is 17.7 Å². The topological polar surface area (TPSA) is 40.5 Å². The fourth-order valence-corrected chi connectivity index (χ4v) is 6.35. The highest BCUT2D eigenvalue weighted by Crippen LogP contribution is 2.35. The summed E-state index contributed by atoms with van der Waals surface area (Å²) in [6.07, 6.45) is 9.20. The first-order chi connectivity index (χ1) is 22.4. The molecule has 0 aromatic heterocycles. The van der Waals surface area contributed by atoms with Gasteiger partial charge in [0, 0.05) is 37.4 Å². The first-order valence-corrected chi connectivity index (χ1v) is 16.2. The summed E-state index contributed by atoms with van der Waals surface area (Å²) in [6, 6.07) is 44.3. The van der Waals surface area contributed by atoms with E-state index in [2.05, 4.69) is 125 Å². The lowest BCUT2D eigenvalue weighted by atomic mass is 9.81. The second kappa shape index (κ2) is 15.6. The molecule has 7 aromatic rings. The number of hydrogen-bond acceptors (Lipinski definition) is 2. The molecule has 0 unspecified atom stereocenters. The van der Waals surface area contributed by atoms with Gasteiger partial charge in [0.15, 0.2) is 0 Å². The molecule has 0 atom stereocenters. The molecule has 0 radical (unpaired) electrons. The van der Waals surface area contributed by atoms with Crippen molar-refractivity contribution >= 4 is 96.2 Å². The molecule has 230 valence electrons. The molecular weight excluding hydrogens is 686 g/mol. The second-order valence-corrected chi connectivity index (χ2v) is 12.4. The average Bonchev–Trinajstić information content (AvgIpc) is 3.09. The van der Waals surface area contributed by atoms with Crippen LogP contribution in [0.15, 0.2) is 144 Å². The van der Waals surface area contributed by atoms with E-state index in [0.717, 1.165) is 9.50 Å². The third-order valence-corrected chi connectivity index (χ3v) is 8.90. The van der Waals surface area contributed by atoms with Crippen molar-refractivity contribution < 1.29 is 10.0 Å². The van der Waals surface area contributed by atoms with E-state index < -0.39 is 7.12 Å². The summed E-state index contributed by atoms with van der Waals surface area (Å²) in [5, 5.41) is 26.3. The molecule has 1 aliphatic rings. The SMILES string of the molecule is Brc1cc2c(c3ccccc13)C=C[C+]=C2.C.Clc1ccc(-c2cc3ccccc3c3ccccc23)cc1.OB(O)c1ccc(Cl)cc1. The molecule has 2 nitrogen and oxygen atoms in total. The van der Waals surface area contributed by atoms with Crippen molar-refractivity contribution in [1.29, 1.82) is 0 Å². The maximum atomic E-state index is 8.63. The highest BCUT2D eigenvalue weighted by Gasteiger charge is 2.15. The Morgan fingerprint density at radius 3 is 1.81 bits per heavy atom. The summed E-state index contributed by atoms with van der Waals surface area (Å²) in [5.74, 6) is 0. The molecular formula is C41H31BBrCl2O2+. The third-order valence-electron chi connectivity index (χ3n) is 7.74. The molecule has 47 heavy (non-hydrogen) atoms. The van der Waals surface area contributed by atoms with Crippen LogP contribution < -0.4 is 5.46 Å². The Morgan fingerprint density at radius 1 is 0.596 bits per heavy atom. The van der Waals surface area contributed by atoms with Crippen molar-refractivity contribution in [2.75, 3.05) is 0 Å². The molecule has 0 saturated carbocycles. The molecule has 6 heteroatoms. The van der Waals surface area contributed by atoms with Crippen molar-refractivity contribution in [1.82, 2.24) is 0 Å². The van der Waals surface area contributed by atoms with Crippen LogP contribution in [0.5, 0.6) is 0 Å². The Kier molecular flexibility index (Phi) is 11.3. The number of benzene rings is 7. The van der Waals surface area contributed by atoms with Gasteiger partial charge in [0.25, 0.3) is 0 Å². The van der Waals surface area contributed by atoms with Crippen LogP contribution in [0, 0.1) is 6.08 Å². The summed E-state index contributed by atoms with van der Waals surface area (Å²) in [5.41, 5.74) is 5.40. The van der Waals surface area contributed by atoms with Crippen LogP contribution in [-0.2, 0) is 0 Å². The molecule has 0 aliphatic heterocycles. The summed E-state index contributed by atoms with van der Waals surface area (Å²) in [4.78, 5) is 0. The van der Waals surface area contributed by atoms with Crippen LogP contribution in [0.2, 0.25) is 10.0 Å². The summed E-state index contributed by atoms with van der Waals surface area (Å²) in [7, 11) is -1.41. The van der Waals surface area contributed by atoms with Crippen LogP contribution in [0.1, 0.15) is 18.6 Å². The van der Waals surface area contributed by atoms with Gasteiger partial charge in [-0.05, 0) is 84.4 Å². The molecule has 7 aromatic carbocycles. The molecule has 0 saturated heterocycles. The van der Waals surface area contributed by atoms with Gasteiger partial charge in [-0.25, -0.2) is 0 Å². The molecule has 0 bridgehead atoms. The van der Waals surface area contributed by atoms with Gasteiger partial charge >= 0.3 is 7.12 Å². The Labute approximate surface area is 294 Å². The molecule has 0 spiro atoms. The molecule has 0 amide bonds. The predicted molar refractivity (Wildman–Crippen MR) is 208 cm³/mol. The van der Waals surface area contributed by atoms with Crippen LogP contribution in [-0.4, -0.2) is 17.2 Å². The van der Waals surface area contributed by atoms with Crippen LogP contribution >= 0.6 is 39.1 Å². The Hall–Kier alpha value is -4.25. The highest BCUT2D eigenvalue weighted by molar-refractivity contribution is 9.10. The van der Waals surface area contributed by atoms with Crippen LogP contribution in [0.4, 0.5) is 0 Å². The summed E-state index contributed by atoms with van der Waals surface area (Å²) < 4.78 is 1.14. The first-order valence-electron chi connectivity index (χ1n) is 14.6. The fraction of sp³-hybridized carbons (Fsp3) is 0.0244. The van der Waals surface area contributed by atoms with E-state index in [-0.39, 0.29) is 7.43 Å². The number of fused-ring (bicyclic) bond motifs is 6. The lowest BCUT2D eigenvalue weighted by molar-refractivity contribution is 0.426. The standard InChI is InChI=1S/C20H13Cl.C14H8Br.C6H6BClO2.CH4/c21-16-11-9-14(10-12-16)20-13-15-5-1-2-6-17(15)18-7-3-4-8-19(18)20;15-14-9-10-5-1-2-6-11(10)12-7-3-4-8-13(12)14;8-6-3-1-5(2-4-6)7(9)10;/h1-13H;2-9H;1-4,9-10H;1H4/q;+1;;. The number of rotatable bonds is 2. The van der Waals surface area contributed by atoms with Crippen molar-refractivity contribution in [3.8, 4) is 11.1 Å². The smallest absolute Gasteiger partial charge is 0.423 e. The van der Waals surface area contributed by atoms with E-state index >= 15 is 0 Å². The predicted octanol–water partition coefficient (Wildman–Crippen LogP) is 11.4. The Balaban J connectivity index is 0.000000147. The van der Waals surface area contributed by atoms with E-state index in [1.807, 2.05) is 24.3 Å². The van der Waals surface area contributed by atoms with Gasteiger partial charge in [-0.1, -0.05) is 128 Å². The first kappa shape index (κ1) is 34.1. The largest absolute Gasteiger partial charge is 0.488 e.